The van der Waals surface area contributed by atoms with Gasteiger partial charge in [0.15, 0.2) is 5.96 Å². The molecule has 3 fully saturated rings. The van der Waals surface area contributed by atoms with Gasteiger partial charge in [-0.1, -0.05) is 12.1 Å². The van der Waals surface area contributed by atoms with E-state index >= 15 is 0 Å². The summed E-state index contributed by atoms with van der Waals surface area (Å²) in [5.41, 5.74) is 2.89. The third-order valence-corrected chi connectivity index (χ3v) is 5.98. The number of likely N-dealkylation sites (tertiary alicyclic amines) is 1. The van der Waals surface area contributed by atoms with E-state index in [1.807, 2.05) is 0 Å². The lowest BCUT2D eigenvalue weighted by Crippen LogP contribution is -2.41. The van der Waals surface area contributed by atoms with Crippen molar-refractivity contribution in [3.63, 3.8) is 0 Å². The number of anilines is 1. The molecule has 4 rings (SSSR count). The molecular formula is C21H33IN4O2. The maximum atomic E-state index is 5.66. The average Bonchev–Trinajstić information content (AvgIpc) is 3.36. The van der Waals surface area contributed by atoms with Crippen LogP contribution in [0.5, 0.6) is 0 Å². The van der Waals surface area contributed by atoms with Crippen LogP contribution in [0.15, 0.2) is 29.3 Å². The van der Waals surface area contributed by atoms with Gasteiger partial charge in [-0.3, -0.25) is 0 Å². The maximum absolute atomic E-state index is 5.66. The quantitative estimate of drug-likeness (QED) is 0.392. The van der Waals surface area contributed by atoms with Crippen molar-refractivity contribution < 1.29 is 9.47 Å². The fraction of sp³-hybridized carbons (Fsp3) is 0.667. The minimum Gasteiger partial charge on any atom is -0.381 e. The molecule has 0 aromatic heterocycles. The number of aliphatic imine (C=N–C) groups is 1. The summed E-state index contributed by atoms with van der Waals surface area (Å²) in [5.74, 6) is 1.04. The van der Waals surface area contributed by atoms with E-state index in [4.69, 9.17) is 14.5 Å². The molecule has 0 saturated carbocycles. The molecule has 3 saturated heterocycles. The van der Waals surface area contributed by atoms with E-state index in [2.05, 4.69) is 46.3 Å². The van der Waals surface area contributed by atoms with E-state index < -0.39 is 0 Å². The minimum atomic E-state index is 0. The molecule has 1 N–H and O–H groups in total. The van der Waals surface area contributed by atoms with Crippen LogP contribution in [-0.2, 0) is 16.0 Å². The van der Waals surface area contributed by atoms with Crippen molar-refractivity contribution in [1.29, 1.82) is 0 Å². The van der Waals surface area contributed by atoms with E-state index in [1.165, 1.54) is 24.1 Å². The molecule has 0 amide bonds. The van der Waals surface area contributed by atoms with Crippen LogP contribution in [0.4, 0.5) is 5.69 Å². The van der Waals surface area contributed by atoms with Gasteiger partial charge in [-0.25, -0.2) is 4.99 Å². The minimum absolute atomic E-state index is 0. The molecule has 3 aliphatic rings. The summed E-state index contributed by atoms with van der Waals surface area (Å²) in [6, 6.07) is 8.83. The zero-order chi connectivity index (χ0) is 18.5. The zero-order valence-corrected chi connectivity index (χ0v) is 19.2. The van der Waals surface area contributed by atoms with E-state index in [0.717, 1.165) is 65.1 Å². The molecule has 1 spiro atoms. The largest absolute Gasteiger partial charge is 0.381 e. The Morgan fingerprint density at radius 3 is 2.54 bits per heavy atom. The van der Waals surface area contributed by atoms with Gasteiger partial charge >= 0.3 is 0 Å². The second-order valence-electron chi connectivity index (χ2n) is 7.91. The van der Waals surface area contributed by atoms with E-state index in [1.54, 1.807) is 0 Å². The fourth-order valence-corrected chi connectivity index (χ4v) is 4.31. The monoisotopic (exact) mass is 500 g/mol. The summed E-state index contributed by atoms with van der Waals surface area (Å²) >= 11 is 0. The number of guanidine groups is 1. The molecule has 1 atom stereocenters. The highest BCUT2D eigenvalue weighted by Gasteiger charge is 2.42. The van der Waals surface area contributed by atoms with Gasteiger partial charge in [0.25, 0.3) is 0 Å². The smallest absolute Gasteiger partial charge is 0.194 e. The zero-order valence-electron chi connectivity index (χ0n) is 16.9. The van der Waals surface area contributed by atoms with Crippen LogP contribution in [0.2, 0.25) is 0 Å². The number of halogens is 1. The van der Waals surface area contributed by atoms with Crippen molar-refractivity contribution in [2.45, 2.75) is 26.3 Å². The number of ether oxygens (including phenoxy) is 2. The molecule has 3 aliphatic heterocycles. The van der Waals surface area contributed by atoms with Crippen LogP contribution < -0.4 is 10.2 Å². The molecule has 0 radical (unpaired) electrons. The molecule has 3 heterocycles. The van der Waals surface area contributed by atoms with Gasteiger partial charge in [-0.2, -0.15) is 0 Å². The summed E-state index contributed by atoms with van der Waals surface area (Å²) < 4.78 is 11.1. The van der Waals surface area contributed by atoms with Crippen molar-refractivity contribution in [1.82, 2.24) is 10.2 Å². The molecule has 1 aromatic rings. The highest BCUT2D eigenvalue weighted by atomic mass is 127. The second-order valence-corrected chi connectivity index (χ2v) is 7.91. The molecular weight excluding hydrogens is 467 g/mol. The fourth-order valence-electron chi connectivity index (χ4n) is 4.31. The Balaban J connectivity index is 0.00000225. The summed E-state index contributed by atoms with van der Waals surface area (Å²) in [5, 5.41) is 3.48. The predicted molar refractivity (Wildman–Crippen MR) is 124 cm³/mol. The van der Waals surface area contributed by atoms with Crippen molar-refractivity contribution in [3.05, 3.63) is 29.8 Å². The van der Waals surface area contributed by atoms with Crippen molar-refractivity contribution >= 4 is 35.6 Å². The number of hydrogen-bond donors (Lipinski definition) is 1. The topological polar surface area (TPSA) is 49.3 Å². The molecule has 7 heteroatoms. The van der Waals surface area contributed by atoms with Crippen molar-refractivity contribution in [2.24, 2.45) is 10.4 Å². The average molecular weight is 500 g/mol. The molecule has 6 nitrogen and oxygen atoms in total. The highest BCUT2D eigenvalue weighted by Crippen LogP contribution is 2.38. The maximum Gasteiger partial charge on any atom is 0.194 e. The van der Waals surface area contributed by atoms with Crippen molar-refractivity contribution in [3.8, 4) is 0 Å². The van der Waals surface area contributed by atoms with Gasteiger partial charge in [0.05, 0.1) is 26.4 Å². The van der Waals surface area contributed by atoms with Gasteiger partial charge in [0, 0.05) is 50.4 Å². The molecule has 156 valence electrons. The Bertz CT molecular complexity index is 640. The Hall–Kier alpha value is -1.06. The van der Waals surface area contributed by atoms with Gasteiger partial charge in [0.2, 0.25) is 0 Å². The number of benzene rings is 1. The van der Waals surface area contributed by atoms with Crippen LogP contribution in [-0.4, -0.2) is 70.0 Å². The molecule has 0 aliphatic carbocycles. The van der Waals surface area contributed by atoms with Gasteiger partial charge < -0.3 is 24.6 Å². The third kappa shape index (κ3) is 5.10. The molecule has 1 aromatic carbocycles. The number of hydrogen-bond acceptors (Lipinski definition) is 4. The first-order valence-electron chi connectivity index (χ1n) is 10.3. The Kier molecular flexibility index (Phi) is 7.82. The third-order valence-electron chi connectivity index (χ3n) is 5.98. The van der Waals surface area contributed by atoms with Gasteiger partial charge in [-0.05, 0) is 37.5 Å². The summed E-state index contributed by atoms with van der Waals surface area (Å²) in [7, 11) is 0. The summed E-state index contributed by atoms with van der Waals surface area (Å²) in [6.07, 6.45) is 2.40. The highest BCUT2D eigenvalue weighted by molar-refractivity contribution is 14.0. The van der Waals surface area contributed by atoms with Crippen LogP contribution in [0.25, 0.3) is 0 Å². The summed E-state index contributed by atoms with van der Waals surface area (Å²) in [6.45, 7) is 11.3. The predicted octanol–water partition coefficient (Wildman–Crippen LogP) is 2.72. The summed E-state index contributed by atoms with van der Waals surface area (Å²) in [4.78, 5) is 9.72. The number of nitrogens with one attached hydrogen (secondary N) is 1. The first-order valence-corrected chi connectivity index (χ1v) is 10.3. The number of rotatable bonds is 4. The SMILES string of the molecule is CCNC(=NCc1ccc(N2CCOCC2)cc1)N1CCC2(CCOC2)C1.I. The first kappa shape index (κ1) is 21.6. The number of morpholine rings is 1. The van der Waals surface area contributed by atoms with Crippen LogP contribution in [0.1, 0.15) is 25.3 Å². The standard InChI is InChI=1S/C21H32N4O2.HI/c1-2-22-20(25-9-7-21(16-25)8-12-27-17-21)23-15-18-3-5-19(6-4-18)24-10-13-26-14-11-24;/h3-6H,2,7-17H2,1H3,(H,22,23);1H. The number of nitrogens with zero attached hydrogens (tertiary/aromatic N) is 3. The molecule has 28 heavy (non-hydrogen) atoms. The van der Waals surface area contributed by atoms with E-state index in [-0.39, 0.29) is 24.0 Å². The van der Waals surface area contributed by atoms with Gasteiger partial charge in [-0.15, -0.1) is 24.0 Å². The lowest BCUT2D eigenvalue weighted by molar-refractivity contribution is 0.122. The van der Waals surface area contributed by atoms with Crippen LogP contribution in [0.3, 0.4) is 0 Å². The molecule has 1 unspecified atom stereocenters. The first-order chi connectivity index (χ1) is 13.3. The van der Waals surface area contributed by atoms with Crippen molar-refractivity contribution in [2.75, 3.05) is 64.1 Å². The van der Waals surface area contributed by atoms with Crippen LogP contribution >= 0.6 is 24.0 Å². The van der Waals surface area contributed by atoms with Crippen LogP contribution in [0, 0.1) is 5.41 Å². The van der Waals surface area contributed by atoms with Gasteiger partial charge in [0.1, 0.15) is 0 Å². The normalized spacial score (nSPS) is 25.2. The lowest BCUT2D eigenvalue weighted by Gasteiger charge is -2.28. The van der Waals surface area contributed by atoms with E-state index in [0.29, 0.717) is 12.0 Å². The second kappa shape index (κ2) is 10.1. The molecule has 0 bridgehead atoms. The Morgan fingerprint density at radius 1 is 1.07 bits per heavy atom. The van der Waals surface area contributed by atoms with E-state index in [9.17, 15) is 0 Å². The lowest BCUT2D eigenvalue weighted by atomic mass is 9.87. The Labute approximate surface area is 185 Å². The Morgan fingerprint density at radius 2 is 1.86 bits per heavy atom.